The van der Waals surface area contributed by atoms with Crippen LogP contribution in [0.4, 0.5) is 23.4 Å². The van der Waals surface area contributed by atoms with Crippen molar-refractivity contribution in [1.29, 1.82) is 0 Å². The van der Waals surface area contributed by atoms with E-state index in [1.165, 1.54) is 18.5 Å². The molecular formula is C25H17F4N7. The number of fused-ring (bicyclic) bond motifs is 1. The summed E-state index contributed by atoms with van der Waals surface area (Å²) < 4.78 is 52.0. The second-order valence-corrected chi connectivity index (χ2v) is 7.98. The Bertz CT molecular complexity index is 1510. The van der Waals surface area contributed by atoms with Crippen molar-refractivity contribution in [2.24, 2.45) is 0 Å². The number of hydrogen-bond donors (Lipinski definition) is 1. The number of rotatable bonds is 5. The molecule has 5 aromatic rings. The zero-order chi connectivity index (χ0) is 25.3. The molecule has 3 heterocycles. The summed E-state index contributed by atoms with van der Waals surface area (Å²) in [5.74, 6) is -1.10. The van der Waals surface area contributed by atoms with Crippen LogP contribution in [-0.2, 0) is 6.18 Å². The molecule has 11 heteroatoms. The normalized spacial score (nSPS) is 12.5. The van der Waals surface area contributed by atoms with E-state index in [1.54, 1.807) is 37.5 Å². The molecule has 0 fully saturated rings. The molecule has 0 aliphatic carbocycles. The Labute approximate surface area is 202 Å². The smallest absolute Gasteiger partial charge is 0.363 e. The zero-order valence-corrected chi connectivity index (χ0v) is 18.7. The standard InChI is InChI=1S/C25H17F4N7/c1-14(18-10-30-24(31-11-18)25(27,28)29)36-23-21-9-17(15-2-4-19(26)5-3-15)8-20(22(21)32-13-33-23)16-6-7-34-35-12-16/h2-14H,1H3,(H,32,33,36)/t14-/m1/s1. The molecule has 0 radical (unpaired) electrons. The van der Waals surface area contributed by atoms with Gasteiger partial charge in [0, 0.05) is 34.5 Å². The third-order valence-electron chi connectivity index (χ3n) is 5.59. The summed E-state index contributed by atoms with van der Waals surface area (Å²) in [7, 11) is 0. The Kier molecular flexibility index (Phi) is 5.96. The minimum Gasteiger partial charge on any atom is -0.363 e. The van der Waals surface area contributed by atoms with E-state index < -0.39 is 18.0 Å². The molecule has 0 saturated heterocycles. The van der Waals surface area contributed by atoms with Crippen molar-refractivity contribution in [1.82, 2.24) is 30.1 Å². The molecule has 0 saturated carbocycles. The molecular weight excluding hydrogens is 474 g/mol. The molecule has 0 spiro atoms. The van der Waals surface area contributed by atoms with Crippen LogP contribution in [-0.4, -0.2) is 30.1 Å². The van der Waals surface area contributed by atoms with Crippen molar-refractivity contribution in [2.75, 3.05) is 5.32 Å². The largest absolute Gasteiger partial charge is 0.451 e. The summed E-state index contributed by atoms with van der Waals surface area (Å²) in [6.07, 6.45) is 2.23. The van der Waals surface area contributed by atoms with Crippen LogP contribution >= 0.6 is 0 Å². The van der Waals surface area contributed by atoms with Gasteiger partial charge in [-0.05, 0) is 48.4 Å². The number of aromatic nitrogens is 6. The van der Waals surface area contributed by atoms with Crippen molar-refractivity contribution in [3.05, 3.63) is 90.8 Å². The maximum Gasteiger partial charge on any atom is 0.451 e. The van der Waals surface area contributed by atoms with Gasteiger partial charge in [-0.2, -0.15) is 23.4 Å². The van der Waals surface area contributed by atoms with Gasteiger partial charge in [-0.15, -0.1) is 0 Å². The maximum absolute atomic E-state index is 13.5. The Morgan fingerprint density at radius 2 is 1.56 bits per heavy atom. The van der Waals surface area contributed by atoms with Gasteiger partial charge in [-0.25, -0.2) is 24.3 Å². The molecule has 0 amide bonds. The second-order valence-electron chi connectivity index (χ2n) is 7.98. The molecule has 5 rings (SSSR count). The molecule has 0 aliphatic rings. The molecule has 1 atom stereocenters. The first-order valence-electron chi connectivity index (χ1n) is 10.8. The summed E-state index contributed by atoms with van der Waals surface area (Å²) in [5.41, 5.74) is 4.17. The molecule has 2 aromatic carbocycles. The lowest BCUT2D eigenvalue weighted by Crippen LogP contribution is -2.14. The van der Waals surface area contributed by atoms with Crippen molar-refractivity contribution in [3.8, 4) is 22.3 Å². The third kappa shape index (κ3) is 4.67. The number of nitrogens with zero attached hydrogens (tertiary/aromatic N) is 6. The predicted octanol–water partition coefficient (Wildman–Crippen LogP) is 5.87. The highest BCUT2D eigenvalue weighted by Gasteiger charge is 2.34. The van der Waals surface area contributed by atoms with E-state index in [0.29, 0.717) is 22.3 Å². The lowest BCUT2D eigenvalue weighted by Gasteiger charge is -2.18. The second kappa shape index (κ2) is 9.25. The van der Waals surface area contributed by atoms with E-state index in [9.17, 15) is 17.6 Å². The highest BCUT2D eigenvalue weighted by atomic mass is 19.4. The van der Waals surface area contributed by atoms with E-state index in [4.69, 9.17) is 0 Å². The van der Waals surface area contributed by atoms with E-state index in [0.717, 1.165) is 34.6 Å². The zero-order valence-electron chi connectivity index (χ0n) is 18.7. The monoisotopic (exact) mass is 491 g/mol. The van der Waals surface area contributed by atoms with Crippen LogP contribution in [0.5, 0.6) is 0 Å². The number of hydrogen-bond acceptors (Lipinski definition) is 7. The average Bonchev–Trinajstić information content (AvgIpc) is 2.89. The van der Waals surface area contributed by atoms with Gasteiger partial charge < -0.3 is 5.32 Å². The van der Waals surface area contributed by atoms with Crippen LogP contribution in [0.3, 0.4) is 0 Å². The quantitative estimate of drug-likeness (QED) is 0.307. The fourth-order valence-corrected chi connectivity index (χ4v) is 3.76. The van der Waals surface area contributed by atoms with Crippen LogP contribution in [0, 0.1) is 5.82 Å². The molecule has 0 unspecified atom stereocenters. The fourth-order valence-electron chi connectivity index (χ4n) is 3.76. The van der Waals surface area contributed by atoms with Crippen molar-refractivity contribution >= 4 is 16.7 Å². The lowest BCUT2D eigenvalue weighted by molar-refractivity contribution is -0.145. The fraction of sp³-hybridized carbons (Fsp3) is 0.120. The van der Waals surface area contributed by atoms with Gasteiger partial charge in [0.2, 0.25) is 5.82 Å². The van der Waals surface area contributed by atoms with Crippen LogP contribution in [0.1, 0.15) is 24.4 Å². The van der Waals surface area contributed by atoms with Gasteiger partial charge in [0.1, 0.15) is 18.0 Å². The highest BCUT2D eigenvalue weighted by Crippen LogP contribution is 2.36. The molecule has 0 bridgehead atoms. The minimum atomic E-state index is -4.62. The first-order valence-corrected chi connectivity index (χ1v) is 10.8. The molecule has 0 aliphatic heterocycles. The van der Waals surface area contributed by atoms with Crippen LogP contribution < -0.4 is 5.32 Å². The van der Waals surface area contributed by atoms with Crippen molar-refractivity contribution < 1.29 is 17.6 Å². The van der Waals surface area contributed by atoms with Crippen LogP contribution in [0.25, 0.3) is 33.2 Å². The highest BCUT2D eigenvalue weighted by molar-refractivity contribution is 6.02. The van der Waals surface area contributed by atoms with E-state index in [2.05, 4.69) is 35.5 Å². The number of nitrogens with one attached hydrogen (secondary N) is 1. The Hall–Kier alpha value is -4.54. The predicted molar refractivity (Wildman–Crippen MR) is 125 cm³/mol. The van der Waals surface area contributed by atoms with Crippen molar-refractivity contribution in [3.63, 3.8) is 0 Å². The van der Waals surface area contributed by atoms with Gasteiger partial charge in [0.25, 0.3) is 0 Å². The van der Waals surface area contributed by atoms with Crippen LogP contribution in [0.2, 0.25) is 0 Å². The first kappa shape index (κ1) is 23.2. The van der Waals surface area contributed by atoms with Crippen molar-refractivity contribution in [2.45, 2.75) is 19.1 Å². The maximum atomic E-state index is 13.5. The van der Waals surface area contributed by atoms with E-state index in [-0.39, 0.29) is 5.82 Å². The third-order valence-corrected chi connectivity index (χ3v) is 5.59. The molecule has 7 nitrogen and oxygen atoms in total. The summed E-state index contributed by atoms with van der Waals surface area (Å²) in [6.45, 7) is 1.76. The lowest BCUT2D eigenvalue weighted by atomic mass is 9.96. The Morgan fingerprint density at radius 1 is 0.806 bits per heavy atom. The topological polar surface area (TPSA) is 89.4 Å². The number of anilines is 1. The van der Waals surface area contributed by atoms with Crippen LogP contribution in [0.15, 0.2) is 73.6 Å². The summed E-state index contributed by atoms with van der Waals surface area (Å²) >= 11 is 0. The first-order chi connectivity index (χ1) is 17.3. The molecule has 36 heavy (non-hydrogen) atoms. The SMILES string of the molecule is C[C@@H](Nc1ncnc2c(-c3ccnnc3)cc(-c3ccc(F)cc3)cc12)c1cnc(C(F)(F)F)nc1. The van der Waals surface area contributed by atoms with E-state index in [1.807, 2.05) is 12.1 Å². The van der Waals surface area contributed by atoms with E-state index >= 15 is 0 Å². The Balaban J connectivity index is 1.60. The number of benzene rings is 2. The van der Waals surface area contributed by atoms with Gasteiger partial charge >= 0.3 is 6.18 Å². The Morgan fingerprint density at radius 3 is 2.22 bits per heavy atom. The minimum absolute atomic E-state index is 0.351. The van der Waals surface area contributed by atoms with Gasteiger partial charge in [-0.3, -0.25) is 0 Å². The summed E-state index contributed by atoms with van der Waals surface area (Å²) in [5, 5.41) is 11.7. The molecule has 3 aromatic heterocycles. The summed E-state index contributed by atoms with van der Waals surface area (Å²) in [4.78, 5) is 15.7. The van der Waals surface area contributed by atoms with Gasteiger partial charge in [0.15, 0.2) is 0 Å². The number of alkyl halides is 3. The average molecular weight is 491 g/mol. The van der Waals surface area contributed by atoms with Gasteiger partial charge in [0.05, 0.1) is 24.0 Å². The van der Waals surface area contributed by atoms with Gasteiger partial charge in [-0.1, -0.05) is 12.1 Å². The number of halogens is 4. The molecule has 180 valence electrons. The molecule has 1 N–H and O–H groups in total. The summed E-state index contributed by atoms with van der Waals surface area (Å²) in [6, 6.07) is 11.2.